The summed E-state index contributed by atoms with van der Waals surface area (Å²) in [5.41, 5.74) is 6.92. The average molecular weight is 701 g/mol. The molecule has 0 radical (unpaired) electrons. The molecule has 22 heteroatoms. The smallest absolute Gasteiger partial charge is 0.387 e. The van der Waals surface area contributed by atoms with E-state index in [0.29, 0.717) is 11.1 Å². The van der Waals surface area contributed by atoms with E-state index in [4.69, 9.17) is 29.5 Å². The van der Waals surface area contributed by atoms with Gasteiger partial charge in [0.05, 0.1) is 12.9 Å². The highest BCUT2D eigenvalue weighted by molar-refractivity contribution is 7.66. The number of anilines is 1. The number of imidazole rings is 1. The second kappa shape index (κ2) is 13.5. The van der Waals surface area contributed by atoms with Gasteiger partial charge < -0.3 is 39.9 Å². The number of Topliss-reactive ketones (excluding diaryl/α,β-unsaturated/α-hetero) is 1. The lowest BCUT2D eigenvalue weighted by atomic mass is 9.99. The summed E-state index contributed by atoms with van der Waals surface area (Å²) in [5, 5.41) is 11.4. The maximum absolute atomic E-state index is 13.7. The number of fused-ring (bicyclic) bond motifs is 1. The normalized spacial score (nSPS) is 23.5. The molecule has 0 bridgehead atoms. The molecule has 19 nitrogen and oxygen atoms in total. The Labute approximate surface area is 259 Å². The fourth-order valence-electron chi connectivity index (χ4n) is 4.58. The van der Waals surface area contributed by atoms with Gasteiger partial charge in [0.15, 0.2) is 23.5 Å². The minimum absolute atomic E-state index is 0.0189. The number of phosphoric ester groups is 1. The number of nitrogens with two attached hydrogens (primary N) is 1. The number of hydrogen-bond acceptors (Lipinski definition) is 14. The van der Waals surface area contributed by atoms with Gasteiger partial charge in [-0.15, -0.1) is 0 Å². The van der Waals surface area contributed by atoms with Gasteiger partial charge in [-0.05, 0) is 5.56 Å². The molecule has 0 spiro atoms. The number of benzene rings is 2. The lowest BCUT2D eigenvalue weighted by Gasteiger charge is -2.27. The number of aromatic nitrogens is 4. The third kappa shape index (κ3) is 7.99. The van der Waals surface area contributed by atoms with Crippen LogP contribution in [0.2, 0.25) is 0 Å². The standard InChI is InChI=1S/C24H26N5O14P3/c25-22-17-23(27-12-26-22)29(13-28-17)24-21(41-20(15-9-5-2-6-10-15)18(30)14-7-3-1-4-8-14)19(31)16(40-24)11-39-45(35,36)43-46(37,38)42-44(32,33)34/h1-10,12-13,16,19-21,24,31H,11H2,(H,35,36)(H,37,38)(H2,25,26,27)(H2,32,33,34)/t16-,19-,20?,21-,24-/m1/s1. The second-order valence-corrected chi connectivity index (χ2v) is 14.1. The molecule has 0 aliphatic carbocycles. The van der Waals surface area contributed by atoms with Crippen molar-refractivity contribution in [3.8, 4) is 0 Å². The minimum Gasteiger partial charge on any atom is -0.387 e. The molecule has 7 atom stereocenters. The molecule has 46 heavy (non-hydrogen) atoms. The molecule has 1 fully saturated rings. The van der Waals surface area contributed by atoms with E-state index < -0.39 is 66.5 Å². The molecular formula is C24H26N5O14P3. The van der Waals surface area contributed by atoms with Crippen LogP contribution in [0.5, 0.6) is 0 Å². The Morgan fingerprint density at radius 3 is 2.24 bits per heavy atom. The van der Waals surface area contributed by atoms with Crippen LogP contribution in [0.15, 0.2) is 73.3 Å². The molecule has 5 rings (SSSR count). The number of rotatable bonds is 13. The van der Waals surface area contributed by atoms with Gasteiger partial charge in [-0.3, -0.25) is 13.9 Å². The van der Waals surface area contributed by atoms with Gasteiger partial charge in [0, 0.05) is 5.56 Å². The Morgan fingerprint density at radius 2 is 1.59 bits per heavy atom. The quantitative estimate of drug-likeness (QED) is 0.0858. The first kappa shape index (κ1) is 34.1. The summed E-state index contributed by atoms with van der Waals surface area (Å²) in [6, 6.07) is 16.5. The van der Waals surface area contributed by atoms with Crippen LogP contribution in [0.4, 0.5) is 5.82 Å². The summed E-state index contributed by atoms with van der Waals surface area (Å²) in [5.74, 6) is -0.457. The van der Waals surface area contributed by atoms with Crippen LogP contribution < -0.4 is 5.73 Å². The monoisotopic (exact) mass is 701 g/mol. The van der Waals surface area contributed by atoms with Crippen molar-refractivity contribution in [3.05, 3.63) is 84.4 Å². The highest BCUT2D eigenvalue weighted by Gasteiger charge is 2.50. The summed E-state index contributed by atoms with van der Waals surface area (Å²) >= 11 is 0. The molecule has 4 aromatic rings. The van der Waals surface area contributed by atoms with Crippen molar-refractivity contribution in [3.63, 3.8) is 0 Å². The third-order valence-corrected chi connectivity index (χ3v) is 10.3. The van der Waals surface area contributed by atoms with Crippen LogP contribution >= 0.6 is 23.5 Å². The maximum atomic E-state index is 13.7. The van der Waals surface area contributed by atoms with Crippen molar-refractivity contribution in [1.82, 2.24) is 19.5 Å². The highest BCUT2D eigenvalue weighted by atomic mass is 31.3. The van der Waals surface area contributed by atoms with E-state index in [9.17, 15) is 33.4 Å². The number of ether oxygens (including phenoxy) is 2. The maximum Gasteiger partial charge on any atom is 0.490 e. The zero-order chi connectivity index (χ0) is 33.3. The Balaban J connectivity index is 1.46. The zero-order valence-electron chi connectivity index (χ0n) is 23.1. The minimum atomic E-state index is -5.81. The molecule has 0 saturated carbocycles. The first-order valence-electron chi connectivity index (χ1n) is 13.0. The number of hydrogen-bond donors (Lipinski definition) is 6. The van der Waals surface area contributed by atoms with Gasteiger partial charge in [0.2, 0.25) is 0 Å². The molecule has 3 unspecified atom stereocenters. The van der Waals surface area contributed by atoms with Gasteiger partial charge in [-0.2, -0.15) is 8.62 Å². The van der Waals surface area contributed by atoms with E-state index in [1.54, 1.807) is 60.7 Å². The number of nitrogen functional groups attached to an aromatic ring is 1. The number of carbonyl (C=O) groups is 1. The predicted molar refractivity (Wildman–Crippen MR) is 154 cm³/mol. The Bertz CT molecular complexity index is 1840. The molecule has 246 valence electrons. The number of carbonyl (C=O) groups excluding carboxylic acids is 1. The van der Waals surface area contributed by atoms with Crippen molar-refractivity contribution in [2.45, 2.75) is 30.6 Å². The van der Waals surface area contributed by atoms with Gasteiger partial charge >= 0.3 is 23.5 Å². The second-order valence-electron chi connectivity index (χ2n) is 9.65. The fraction of sp³-hybridized carbons (Fsp3) is 0.250. The van der Waals surface area contributed by atoms with E-state index in [-0.39, 0.29) is 17.0 Å². The van der Waals surface area contributed by atoms with Crippen molar-refractivity contribution < 1.29 is 65.8 Å². The lowest BCUT2D eigenvalue weighted by Crippen LogP contribution is -2.38. The van der Waals surface area contributed by atoms with Crippen LogP contribution in [0.25, 0.3) is 11.2 Å². The van der Waals surface area contributed by atoms with Gasteiger partial charge in [-0.1, -0.05) is 60.7 Å². The van der Waals surface area contributed by atoms with Crippen LogP contribution in [-0.2, 0) is 36.3 Å². The molecule has 2 aromatic heterocycles. The van der Waals surface area contributed by atoms with Gasteiger partial charge in [-0.25, -0.2) is 28.6 Å². The zero-order valence-corrected chi connectivity index (χ0v) is 25.8. The first-order valence-corrected chi connectivity index (χ1v) is 17.5. The largest absolute Gasteiger partial charge is 0.490 e. The summed E-state index contributed by atoms with van der Waals surface area (Å²) < 4.78 is 60.8. The molecule has 1 saturated heterocycles. The summed E-state index contributed by atoms with van der Waals surface area (Å²) in [6.07, 6.45) is -4.93. The average Bonchev–Trinajstić information content (AvgIpc) is 3.55. The Hall–Kier alpha value is -3.25. The molecule has 0 amide bonds. The van der Waals surface area contributed by atoms with Crippen molar-refractivity contribution >= 4 is 46.2 Å². The van der Waals surface area contributed by atoms with Crippen molar-refractivity contribution in [1.29, 1.82) is 0 Å². The van der Waals surface area contributed by atoms with E-state index >= 15 is 0 Å². The number of aliphatic hydroxyl groups excluding tert-OH is 1. The Morgan fingerprint density at radius 1 is 0.935 bits per heavy atom. The number of nitrogens with zero attached hydrogens (tertiary/aromatic N) is 4. The van der Waals surface area contributed by atoms with Gasteiger partial charge in [0.1, 0.15) is 36.3 Å². The van der Waals surface area contributed by atoms with E-state index in [1.165, 1.54) is 10.9 Å². The topological polar surface area (TPSA) is 285 Å². The summed E-state index contributed by atoms with van der Waals surface area (Å²) in [6.45, 7) is -1.01. The van der Waals surface area contributed by atoms with Crippen LogP contribution in [-0.4, -0.2) is 74.9 Å². The number of ketones is 1. The summed E-state index contributed by atoms with van der Waals surface area (Å²) in [7, 11) is -17.0. The first-order chi connectivity index (χ1) is 21.6. The molecule has 1 aliphatic heterocycles. The molecule has 2 aromatic carbocycles. The van der Waals surface area contributed by atoms with Crippen molar-refractivity contribution in [2.75, 3.05) is 12.3 Å². The van der Waals surface area contributed by atoms with Crippen LogP contribution in [0.3, 0.4) is 0 Å². The number of phosphoric acid groups is 3. The number of aliphatic hydroxyl groups is 1. The van der Waals surface area contributed by atoms with E-state index in [2.05, 4.69) is 23.6 Å². The highest BCUT2D eigenvalue weighted by Crippen LogP contribution is 2.66. The molecular weight excluding hydrogens is 675 g/mol. The van der Waals surface area contributed by atoms with Gasteiger partial charge in [0.25, 0.3) is 0 Å². The van der Waals surface area contributed by atoms with E-state index in [0.717, 1.165) is 6.33 Å². The third-order valence-electron chi connectivity index (χ3n) is 6.48. The van der Waals surface area contributed by atoms with Crippen molar-refractivity contribution in [2.24, 2.45) is 0 Å². The van der Waals surface area contributed by atoms with E-state index in [1.807, 2.05) is 0 Å². The predicted octanol–water partition coefficient (Wildman–Crippen LogP) is 2.02. The van der Waals surface area contributed by atoms with Crippen LogP contribution in [0.1, 0.15) is 28.3 Å². The molecule has 3 heterocycles. The Kier molecular flexibility index (Phi) is 9.98. The van der Waals surface area contributed by atoms with Crippen LogP contribution in [0, 0.1) is 0 Å². The molecule has 1 aliphatic rings. The lowest BCUT2D eigenvalue weighted by molar-refractivity contribution is -0.0902. The molecule has 7 N–H and O–H groups in total. The summed E-state index contributed by atoms with van der Waals surface area (Å²) in [4.78, 5) is 62.8. The fourth-order valence-corrected chi connectivity index (χ4v) is 7.61. The SMILES string of the molecule is Nc1ncnc2c1ncn2[C@@H]1O[C@H](COP(=O)(O)OP(=O)(O)OP(=O)(O)O)[C@@H](O)[C@H]1OC(C(=O)c1ccccc1)c1ccccc1.